The van der Waals surface area contributed by atoms with E-state index in [9.17, 15) is 35.9 Å². The molecule has 0 N–H and O–H groups in total. The van der Waals surface area contributed by atoms with E-state index in [4.69, 9.17) is 15.8 Å². The summed E-state index contributed by atoms with van der Waals surface area (Å²) in [6.45, 7) is 6.99. The molecule has 0 spiro atoms. The van der Waals surface area contributed by atoms with Gasteiger partial charge in [0.15, 0.2) is 0 Å². The minimum Gasteiger partial charge on any atom is -0.406 e. The van der Waals surface area contributed by atoms with Crippen molar-refractivity contribution in [1.29, 1.82) is 10.8 Å². The van der Waals surface area contributed by atoms with Crippen molar-refractivity contribution >= 4 is 66.7 Å². The van der Waals surface area contributed by atoms with Gasteiger partial charge in [0, 0.05) is 67.4 Å². The predicted molar refractivity (Wildman–Crippen MR) is 255 cm³/mol. The molecule has 348 valence electrons. The Kier molecular flexibility index (Phi) is 25.8. The van der Waals surface area contributed by atoms with E-state index in [0.29, 0.717) is 11.4 Å². The Labute approximate surface area is 395 Å². The van der Waals surface area contributed by atoms with E-state index in [1.54, 1.807) is 47.1 Å². The maximum atomic E-state index is 12.2. The van der Waals surface area contributed by atoms with E-state index in [-0.39, 0.29) is 37.5 Å². The quantitative estimate of drug-likeness (QED) is 0.0429. The molecule has 0 aliphatic rings. The van der Waals surface area contributed by atoms with Crippen LogP contribution in [0, 0.1) is 14.4 Å². The summed E-state index contributed by atoms with van der Waals surface area (Å²) < 4.78 is 89.8. The van der Waals surface area contributed by atoms with Crippen LogP contribution in [0.1, 0.15) is 74.1 Å². The van der Waals surface area contributed by atoms with Gasteiger partial charge in [-0.1, -0.05) is 14.9 Å². The third-order valence-corrected chi connectivity index (χ3v) is 29.2. The fraction of sp³-hybridized carbons (Fsp3) is 0.364. The van der Waals surface area contributed by atoms with Crippen molar-refractivity contribution in [3.63, 3.8) is 0 Å². The molecule has 0 aliphatic heterocycles. The van der Waals surface area contributed by atoms with Gasteiger partial charge in [0.2, 0.25) is 0 Å². The SMILES string of the molecule is C.C.CCC[CH2][Sn]([CH2]CCC)([CH2]CCC)[c]1nccs1.N#N.O=c1ccc(-c2nccs2)cn1-c1ccc(OC(F)(F)F)cc1.O=c1ccc(I)cn1-c1ccc(OC(F)(F)F)cc1. The fourth-order valence-corrected chi connectivity index (χ4v) is 26.5. The Hall–Kier alpha value is -4.27. The average Bonchev–Trinajstić information content (AvgIpc) is 4.00. The van der Waals surface area contributed by atoms with E-state index < -0.39 is 31.1 Å². The topological polar surface area (TPSA) is 136 Å². The van der Waals surface area contributed by atoms with Crippen molar-refractivity contribution < 1.29 is 35.8 Å². The van der Waals surface area contributed by atoms with Gasteiger partial charge in [-0.2, -0.15) is 0 Å². The fourth-order valence-electron chi connectivity index (χ4n) is 6.19. The Morgan fingerprint density at radius 3 is 1.44 bits per heavy atom. The molecule has 4 aromatic heterocycles. The van der Waals surface area contributed by atoms with Crippen molar-refractivity contribution in [2.45, 2.75) is 100 Å². The number of nitrogens with zero attached hydrogens (tertiary/aromatic N) is 6. The predicted octanol–water partition coefficient (Wildman–Crippen LogP) is 13.7. The normalized spacial score (nSPS) is 10.9. The molecule has 20 heteroatoms. The molecule has 0 atom stereocenters. The molecule has 0 bridgehead atoms. The molecule has 2 aromatic carbocycles. The summed E-state index contributed by atoms with van der Waals surface area (Å²) >= 11 is 3.30. The van der Waals surface area contributed by atoms with E-state index in [1.807, 2.05) is 45.5 Å². The summed E-state index contributed by atoms with van der Waals surface area (Å²) in [7, 11) is 0. The molecular weight excluding hydrogens is 1100 g/mol. The number of rotatable bonds is 15. The first kappa shape index (κ1) is 57.7. The maximum absolute atomic E-state index is 12.2. The first-order chi connectivity index (χ1) is 29.6. The summed E-state index contributed by atoms with van der Waals surface area (Å²) in [6.07, 6.45) is 5.77. The molecule has 10 nitrogen and oxygen atoms in total. The minimum atomic E-state index is -4.75. The molecule has 6 rings (SSSR count). The molecule has 0 radical (unpaired) electrons. The van der Waals surface area contributed by atoms with E-state index in [0.717, 1.165) is 38.4 Å². The zero-order valence-electron chi connectivity index (χ0n) is 34.0. The third-order valence-electron chi connectivity index (χ3n) is 9.07. The number of unbranched alkanes of at least 4 members (excludes halogenated alkanes) is 3. The summed E-state index contributed by atoms with van der Waals surface area (Å²) in [5, 5.41) is 16.8. The van der Waals surface area contributed by atoms with E-state index in [2.05, 4.69) is 40.6 Å². The second-order valence-corrected chi connectivity index (χ2v) is 30.5. The van der Waals surface area contributed by atoms with Gasteiger partial charge < -0.3 is 9.47 Å². The van der Waals surface area contributed by atoms with Crippen LogP contribution in [-0.4, -0.2) is 50.2 Å². The number of ether oxygens (including phenoxy) is 2. The second kappa shape index (κ2) is 28.6. The summed E-state index contributed by atoms with van der Waals surface area (Å²) in [6, 6.07) is 16.3. The number of hydrogen-bond donors (Lipinski definition) is 0. The molecule has 0 aliphatic carbocycles. The van der Waals surface area contributed by atoms with Crippen molar-refractivity contribution in [1.82, 2.24) is 19.1 Å². The van der Waals surface area contributed by atoms with Gasteiger partial charge in [-0.25, -0.2) is 4.98 Å². The maximum Gasteiger partial charge on any atom is 0.573 e. The molecule has 64 heavy (non-hydrogen) atoms. The molecule has 4 heterocycles. The number of halogens is 7. The van der Waals surface area contributed by atoms with Gasteiger partial charge in [-0.3, -0.25) is 18.7 Å². The molecule has 0 saturated heterocycles. The van der Waals surface area contributed by atoms with E-state index in [1.165, 1.54) is 95.4 Å². The molecule has 0 saturated carbocycles. The van der Waals surface area contributed by atoms with Crippen molar-refractivity contribution in [3.8, 4) is 33.4 Å². The van der Waals surface area contributed by atoms with Crippen LogP contribution < -0.4 is 23.6 Å². The first-order valence-corrected chi connectivity index (χ1v) is 29.7. The van der Waals surface area contributed by atoms with Crippen molar-refractivity contribution in [2.24, 2.45) is 0 Å². The molecule has 0 amide bonds. The zero-order chi connectivity index (χ0) is 45.8. The minimum absolute atomic E-state index is 0. The van der Waals surface area contributed by atoms with Gasteiger partial charge in [0.25, 0.3) is 11.1 Å². The molecule has 0 fully saturated rings. The standard InChI is InChI=1S/C15H9F3N2O2S.C12H7F3INO2.3C4H9.C3H2NS.2CH4.N2.Sn/c16-15(17,18)22-12-4-2-11(3-5-12)20-9-10(1-6-13(20)21)14-19-7-8-23-14;13-12(14,15)19-10-4-2-9(3-5-10)17-7-8(16)1-6-11(17)18;3*1-3-4-2;1-2-5-3-4-1;;;1-2;/h1-9H;1-7H;3*1,3-4H2,2H3;1-2H;2*1H4;;. The van der Waals surface area contributed by atoms with Crippen LogP contribution >= 0.6 is 45.3 Å². The van der Waals surface area contributed by atoms with Crippen LogP contribution in [0.15, 0.2) is 118 Å². The van der Waals surface area contributed by atoms with Crippen LogP contribution in [-0.2, 0) is 0 Å². The Morgan fingerprint density at radius 2 is 1.05 bits per heavy atom. The van der Waals surface area contributed by atoms with Gasteiger partial charge in [0.1, 0.15) is 16.5 Å². The smallest absolute Gasteiger partial charge is 0.406 e. The Morgan fingerprint density at radius 1 is 0.625 bits per heavy atom. The van der Waals surface area contributed by atoms with Crippen molar-refractivity contribution in [3.05, 3.63) is 133 Å². The zero-order valence-corrected chi connectivity index (χ0v) is 40.7. The van der Waals surface area contributed by atoms with Crippen LogP contribution in [0.4, 0.5) is 26.3 Å². The Bertz CT molecular complexity index is 2320. The molecular formula is C44H53F6IN6O4S2Sn. The first-order valence-electron chi connectivity index (χ1n) is 19.4. The number of alkyl halides is 6. The number of benzene rings is 2. The van der Waals surface area contributed by atoms with Crippen molar-refractivity contribution in [2.75, 3.05) is 0 Å². The summed E-state index contributed by atoms with van der Waals surface area (Å²) in [5.41, 5.74) is 1.09. The largest absolute Gasteiger partial charge is 0.573 e. The van der Waals surface area contributed by atoms with Gasteiger partial charge >= 0.3 is 135 Å². The number of hydrogen-bond acceptors (Lipinski definition) is 10. The van der Waals surface area contributed by atoms with Gasteiger partial charge in [0.05, 0.1) is 0 Å². The van der Waals surface area contributed by atoms with Gasteiger partial charge in [-0.15, -0.1) is 37.7 Å². The van der Waals surface area contributed by atoms with Gasteiger partial charge in [-0.05, 0) is 83.3 Å². The number of pyridine rings is 2. The van der Waals surface area contributed by atoms with E-state index >= 15 is 0 Å². The second-order valence-electron chi connectivity index (χ2n) is 13.5. The summed E-state index contributed by atoms with van der Waals surface area (Å²) in [5.74, 6) is -0.666. The summed E-state index contributed by atoms with van der Waals surface area (Å²) in [4.78, 5) is 32.5. The average molecular weight is 1150 g/mol. The monoisotopic (exact) mass is 1150 g/mol. The number of thiazole rings is 2. The number of aromatic nitrogens is 4. The molecule has 6 aromatic rings. The molecule has 0 unspecified atom stereocenters. The third kappa shape index (κ3) is 19.1. The van der Waals surface area contributed by atoms with Crippen LogP contribution in [0.25, 0.3) is 21.9 Å². The van der Waals surface area contributed by atoms with Crippen LogP contribution in [0.2, 0.25) is 13.3 Å². The van der Waals surface area contributed by atoms with Crippen LogP contribution in [0.5, 0.6) is 11.5 Å². The Balaban J connectivity index is 0.000000468. The van der Waals surface area contributed by atoms with Crippen LogP contribution in [0.3, 0.4) is 0 Å².